The fraction of sp³-hybridized carbons (Fsp3) is 0.312. The number of hydrogen-bond acceptors (Lipinski definition) is 9. The predicted molar refractivity (Wildman–Crippen MR) is 100 cm³/mol. The highest BCUT2D eigenvalue weighted by molar-refractivity contribution is 7.98. The minimum absolute atomic E-state index is 0.178. The van der Waals surface area contributed by atoms with Gasteiger partial charge in [0.15, 0.2) is 11.7 Å². The van der Waals surface area contributed by atoms with Crippen LogP contribution in [0.5, 0.6) is 0 Å². The second kappa shape index (κ2) is 10.8. The van der Waals surface area contributed by atoms with E-state index < -0.39 is 28.1 Å². The first-order valence-corrected chi connectivity index (χ1v) is 10.7. The van der Waals surface area contributed by atoms with Crippen molar-refractivity contribution >= 4 is 33.8 Å². The molecule has 0 saturated heterocycles. The molecule has 0 radical (unpaired) electrons. The fourth-order valence-corrected chi connectivity index (χ4v) is 2.70. The zero-order valence-electron chi connectivity index (χ0n) is 15.6. The van der Waals surface area contributed by atoms with E-state index in [2.05, 4.69) is 20.9 Å². The monoisotopic (exact) mass is 444 g/mol. The Hall–Kier alpha value is -2.61. The maximum Gasteiger partial charge on any atom is 0.362 e. The van der Waals surface area contributed by atoms with Crippen molar-refractivity contribution in [1.82, 2.24) is 15.2 Å². The normalized spacial score (nSPS) is 11.9. The van der Waals surface area contributed by atoms with Crippen LogP contribution >= 0.6 is 11.8 Å². The number of quaternary nitrogens is 1. The van der Waals surface area contributed by atoms with Gasteiger partial charge in [-0.25, -0.2) is 23.0 Å². The van der Waals surface area contributed by atoms with Crippen LogP contribution in [0.15, 0.2) is 34.3 Å². The maximum absolute atomic E-state index is 10.9. The van der Waals surface area contributed by atoms with Gasteiger partial charge < -0.3 is 20.5 Å². The van der Waals surface area contributed by atoms with E-state index >= 15 is 0 Å². The van der Waals surface area contributed by atoms with Crippen LogP contribution in [-0.2, 0) is 21.3 Å². The Bertz CT molecular complexity index is 966. The minimum Gasteiger partial charge on any atom is -0.744 e. The molecule has 0 bridgehead atoms. The third kappa shape index (κ3) is 8.11. The van der Waals surface area contributed by atoms with Gasteiger partial charge in [-0.15, -0.1) is 10.2 Å². The first kappa shape index (κ1) is 24.4. The van der Waals surface area contributed by atoms with Crippen LogP contribution in [-0.4, -0.2) is 62.6 Å². The quantitative estimate of drug-likeness (QED) is 0.378. The van der Waals surface area contributed by atoms with Crippen LogP contribution in [0.4, 0.5) is 0 Å². The van der Waals surface area contributed by atoms with Gasteiger partial charge in [0.05, 0.1) is 10.6 Å². The molecule has 0 fully saturated rings. The standard InChI is InChI=1S/C9H12N4O4S.C7H8O3S/c1-18-9-11-5(3-2-4(10)7(14)15)6(8(16)17)12-13-9;1-6-2-4-7(5-3-6)11(8,9)10/h4H,2-3,10H2,1H3,(H,14,15)(H,16,17);2-5H,1H3,(H,8,9,10)/t4-;/m0./s1. The Balaban J connectivity index is 0.000000326. The second-order valence-electron chi connectivity index (χ2n) is 5.74. The number of aromatic nitrogens is 3. The SMILES string of the molecule is CSc1nnc(C(=O)O)c(CC[C@H]([NH3+])C(=O)O)n1.Cc1ccc(S(=O)(=O)[O-])cc1. The molecule has 11 nitrogen and oxygen atoms in total. The van der Waals surface area contributed by atoms with Crippen LogP contribution in [0.3, 0.4) is 0 Å². The average molecular weight is 444 g/mol. The van der Waals surface area contributed by atoms with Crippen molar-refractivity contribution < 1.29 is 38.5 Å². The molecule has 5 N–H and O–H groups in total. The van der Waals surface area contributed by atoms with Gasteiger partial charge in [0.1, 0.15) is 10.1 Å². The van der Waals surface area contributed by atoms with Crippen molar-refractivity contribution in [1.29, 1.82) is 0 Å². The van der Waals surface area contributed by atoms with Crippen LogP contribution in [0.1, 0.15) is 28.2 Å². The van der Waals surface area contributed by atoms with E-state index in [1.807, 2.05) is 6.92 Å². The largest absolute Gasteiger partial charge is 0.744 e. The van der Waals surface area contributed by atoms with Crippen molar-refractivity contribution in [2.45, 2.75) is 35.9 Å². The molecule has 1 aromatic carbocycles. The van der Waals surface area contributed by atoms with Crippen molar-refractivity contribution in [2.24, 2.45) is 0 Å². The van der Waals surface area contributed by atoms with Gasteiger partial charge in [0.2, 0.25) is 5.16 Å². The van der Waals surface area contributed by atoms with Crippen LogP contribution in [0.2, 0.25) is 0 Å². The summed E-state index contributed by atoms with van der Waals surface area (Å²) in [4.78, 5) is 25.4. The van der Waals surface area contributed by atoms with Gasteiger partial charge in [-0.3, -0.25) is 0 Å². The topological polar surface area (TPSA) is 198 Å². The third-order valence-corrected chi connectivity index (χ3v) is 4.90. The Labute approximate surface area is 171 Å². The molecule has 0 saturated carbocycles. The summed E-state index contributed by atoms with van der Waals surface area (Å²) < 4.78 is 31.2. The minimum atomic E-state index is -4.27. The first-order chi connectivity index (χ1) is 13.5. The lowest BCUT2D eigenvalue weighted by molar-refractivity contribution is -0.408. The number of carbonyl (C=O) groups is 2. The average Bonchev–Trinajstić information content (AvgIpc) is 2.65. The van der Waals surface area contributed by atoms with E-state index in [0.717, 1.165) is 5.56 Å². The lowest BCUT2D eigenvalue weighted by atomic mass is 10.1. The second-order valence-corrected chi connectivity index (χ2v) is 7.89. The molecule has 2 rings (SSSR count). The zero-order chi connectivity index (χ0) is 22.2. The lowest BCUT2D eigenvalue weighted by Crippen LogP contribution is -2.65. The van der Waals surface area contributed by atoms with E-state index in [4.69, 9.17) is 10.2 Å². The molecule has 0 amide bonds. The Kier molecular flexibility index (Phi) is 9.10. The summed E-state index contributed by atoms with van der Waals surface area (Å²) in [6.07, 6.45) is 2.12. The molecule has 158 valence electrons. The highest BCUT2D eigenvalue weighted by Gasteiger charge is 2.20. The first-order valence-electron chi connectivity index (χ1n) is 8.05. The molecule has 1 atom stereocenters. The predicted octanol–water partition coefficient (Wildman–Crippen LogP) is -0.181. The molecule has 1 heterocycles. The Morgan fingerprint density at radius 3 is 2.24 bits per heavy atom. The smallest absolute Gasteiger partial charge is 0.362 e. The molecule has 0 spiro atoms. The number of benzene rings is 1. The molecule has 0 aliphatic rings. The summed E-state index contributed by atoms with van der Waals surface area (Å²) in [5, 5.41) is 25.2. The molecule has 0 aliphatic heterocycles. The number of thioether (sulfide) groups is 1. The number of aryl methyl sites for hydroxylation is 2. The van der Waals surface area contributed by atoms with Crippen molar-refractivity contribution in [3.05, 3.63) is 41.2 Å². The number of rotatable bonds is 7. The van der Waals surface area contributed by atoms with Gasteiger partial charge in [-0.05, 0) is 31.7 Å². The number of nitrogens with zero attached hydrogens (tertiary/aromatic N) is 3. The van der Waals surface area contributed by atoms with Crippen molar-refractivity contribution in [2.75, 3.05) is 6.26 Å². The Morgan fingerprint density at radius 1 is 1.21 bits per heavy atom. The molecule has 13 heteroatoms. The molecule has 2 aromatic rings. The molecular formula is C16H20N4O7S2. The maximum atomic E-state index is 10.9. The van der Waals surface area contributed by atoms with Gasteiger partial charge in [0.25, 0.3) is 0 Å². The zero-order valence-corrected chi connectivity index (χ0v) is 17.2. The van der Waals surface area contributed by atoms with Gasteiger partial charge in [0, 0.05) is 6.42 Å². The number of aromatic carboxylic acids is 1. The van der Waals surface area contributed by atoms with E-state index in [-0.39, 0.29) is 29.1 Å². The lowest BCUT2D eigenvalue weighted by Gasteiger charge is -2.06. The summed E-state index contributed by atoms with van der Waals surface area (Å²) in [5.74, 6) is -2.26. The highest BCUT2D eigenvalue weighted by Crippen LogP contribution is 2.12. The molecular weight excluding hydrogens is 424 g/mol. The van der Waals surface area contributed by atoms with Crippen molar-refractivity contribution in [3.8, 4) is 0 Å². The molecule has 0 unspecified atom stereocenters. The van der Waals surface area contributed by atoms with Crippen LogP contribution in [0, 0.1) is 6.92 Å². The number of aliphatic carboxylic acids is 1. The highest BCUT2D eigenvalue weighted by atomic mass is 32.2. The number of hydrogen-bond donors (Lipinski definition) is 3. The van der Waals surface area contributed by atoms with Crippen LogP contribution < -0.4 is 5.73 Å². The van der Waals surface area contributed by atoms with E-state index in [0.29, 0.717) is 5.16 Å². The summed E-state index contributed by atoms with van der Waals surface area (Å²) >= 11 is 1.23. The van der Waals surface area contributed by atoms with Gasteiger partial charge in [-0.2, -0.15) is 0 Å². The molecule has 29 heavy (non-hydrogen) atoms. The van der Waals surface area contributed by atoms with Crippen LogP contribution in [0.25, 0.3) is 0 Å². The van der Waals surface area contributed by atoms with E-state index in [1.54, 1.807) is 18.4 Å². The summed E-state index contributed by atoms with van der Waals surface area (Å²) in [5.41, 5.74) is 4.37. The van der Waals surface area contributed by atoms with E-state index in [1.165, 1.54) is 23.9 Å². The number of carboxylic acids is 2. The fourth-order valence-electron chi connectivity index (χ4n) is 1.91. The molecule has 0 aliphatic carbocycles. The van der Waals surface area contributed by atoms with Gasteiger partial charge >= 0.3 is 11.9 Å². The summed E-state index contributed by atoms with van der Waals surface area (Å²) in [6.45, 7) is 1.82. The summed E-state index contributed by atoms with van der Waals surface area (Å²) in [7, 11) is -4.27. The van der Waals surface area contributed by atoms with Crippen molar-refractivity contribution in [3.63, 3.8) is 0 Å². The molecule has 1 aromatic heterocycles. The third-order valence-electron chi connectivity index (χ3n) is 3.51. The van der Waals surface area contributed by atoms with E-state index in [9.17, 15) is 22.6 Å². The Morgan fingerprint density at radius 2 is 1.79 bits per heavy atom. The number of carboxylic acid groups (broad SMARTS) is 2. The van der Waals surface area contributed by atoms with Gasteiger partial charge in [-0.1, -0.05) is 29.5 Å². The summed E-state index contributed by atoms with van der Waals surface area (Å²) in [6, 6.07) is 4.98.